The van der Waals surface area contributed by atoms with Crippen molar-refractivity contribution in [3.05, 3.63) is 23.8 Å². The minimum Gasteiger partial charge on any atom is -0.379 e. The fraction of sp³-hybridized carbons (Fsp3) is 0.500. The number of nitrogens with one attached hydrogen (secondary N) is 1. The molecule has 1 aliphatic carbocycles. The molecule has 3 rings (SSSR count). The summed E-state index contributed by atoms with van der Waals surface area (Å²) in [5.74, 6) is 0. The second kappa shape index (κ2) is 4.86. The van der Waals surface area contributed by atoms with E-state index in [1.165, 1.54) is 23.1 Å². The van der Waals surface area contributed by atoms with Crippen molar-refractivity contribution in [3.63, 3.8) is 0 Å². The Morgan fingerprint density at radius 2 is 2.28 bits per heavy atom. The predicted molar refractivity (Wildman–Crippen MR) is 76.4 cm³/mol. The van der Waals surface area contributed by atoms with Gasteiger partial charge in [0.05, 0.1) is 22.4 Å². The molecular formula is C14H18N2OS. The van der Waals surface area contributed by atoms with Crippen molar-refractivity contribution in [3.8, 4) is 0 Å². The van der Waals surface area contributed by atoms with Gasteiger partial charge >= 0.3 is 0 Å². The third kappa shape index (κ3) is 2.10. The quantitative estimate of drug-likeness (QED) is 0.918. The largest absolute Gasteiger partial charge is 0.379 e. The van der Waals surface area contributed by atoms with Gasteiger partial charge in [-0.3, -0.25) is 0 Å². The molecule has 0 amide bonds. The summed E-state index contributed by atoms with van der Waals surface area (Å²) < 4.78 is 6.76. The number of hydrogen-bond donors (Lipinski definition) is 1. The Hall–Kier alpha value is -1.13. The van der Waals surface area contributed by atoms with E-state index in [0.29, 0.717) is 12.1 Å². The Morgan fingerprint density at radius 1 is 1.39 bits per heavy atom. The van der Waals surface area contributed by atoms with Crippen molar-refractivity contribution >= 4 is 26.7 Å². The van der Waals surface area contributed by atoms with Crippen LogP contribution in [0.15, 0.2) is 18.2 Å². The number of hydrogen-bond acceptors (Lipinski definition) is 4. The van der Waals surface area contributed by atoms with Gasteiger partial charge in [-0.1, -0.05) is 23.5 Å². The fourth-order valence-electron chi connectivity index (χ4n) is 2.68. The van der Waals surface area contributed by atoms with E-state index in [1.54, 1.807) is 18.4 Å². The zero-order valence-electron chi connectivity index (χ0n) is 10.8. The monoisotopic (exact) mass is 262 g/mol. The van der Waals surface area contributed by atoms with Crippen molar-refractivity contribution in [2.24, 2.45) is 0 Å². The standard InChI is InChI=1S/C14H18N2OS/c1-9-5-3-8-12-13(9)16-14(18-12)15-10-6-4-7-11(10)17-2/h3,5,8,10-11H,4,6-7H2,1-2H3,(H,15,16). The molecule has 18 heavy (non-hydrogen) atoms. The van der Waals surface area contributed by atoms with Gasteiger partial charge in [-0.25, -0.2) is 4.98 Å². The Labute approximate surface area is 111 Å². The first kappa shape index (κ1) is 11.9. The number of aromatic nitrogens is 1. The molecule has 0 saturated heterocycles. The molecule has 4 heteroatoms. The van der Waals surface area contributed by atoms with Crippen LogP contribution in [0.2, 0.25) is 0 Å². The van der Waals surface area contributed by atoms with E-state index in [-0.39, 0.29) is 0 Å². The maximum atomic E-state index is 5.51. The molecular weight excluding hydrogens is 244 g/mol. The van der Waals surface area contributed by atoms with Crippen molar-refractivity contribution < 1.29 is 4.74 Å². The summed E-state index contributed by atoms with van der Waals surface area (Å²) in [4.78, 5) is 4.70. The lowest BCUT2D eigenvalue weighted by molar-refractivity contribution is 0.101. The minimum atomic E-state index is 0.332. The molecule has 2 aromatic rings. The highest BCUT2D eigenvalue weighted by Gasteiger charge is 2.27. The number of anilines is 1. The van der Waals surface area contributed by atoms with Crippen LogP contribution in [0.5, 0.6) is 0 Å². The Morgan fingerprint density at radius 3 is 3.06 bits per heavy atom. The Bertz CT molecular complexity index is 552. The van der Waals surface area contributed by atoms with Crippen LogP contribution in [0.3, 0.4) is 0 Å². The van der Waals surface area contributed by atoms with E-state index < -0.39 is 0 Å². The number of aryl methyl sites for hydroxylation is 1. The number of nitrogens with zero attached hydrogens (tertiary/aromatic N) is 1. The number of fused-ring (bicyclic) bond motifs is 1. The van der Waals surface area contributed by atoms with Gasteiger partial charge in [0.2, 0.25) is 0 Å². The van der Waals surface area contributed by atoms with Gasteiger partial charge < -0.3 is 10.1 Å². The maximum absolute atomic E-state index is 5.51. The molecule has 1 saturated carbocycles. The van der Waals surface area contributed by atoms with Crippen LogP contribution < -0.4 is 5.32 Å². The van der Waals surface area contributed by atoms with E-state index in [4.69, 9.17) is 9.72 Å². The van der Waals surface area contributed by atoms with Gasteiger partial charge in [-0.05, 0) is 37.8 Å². The van der Waals surface area contributed by atoms with Gasteiger partial charge in [0.1, 0.15) is 0 Å². The zero-order valence-corrected chi connectivity index (χ0v) is 11.6. The third-order valence-corrected chi connectivity index (χ3v) is 4.64. The first-order valence-electron chi connectivity index (χ1n) is 6.43. The van der Waals surface area contributed by atoms with Crippen LogP contribution in [0.25, 0.3) is 10.2 Å². The summed E-state index contributed by atoms with van der Waals surface area (Å²) >= 11 is 1.73. The highest BCUT2D eigenvalue weighted by atomic mass is 32.1. The summed E-state index contributed by atoms with van der Waals surface area (Å²) in [5.41, 5.74) is 2.36. The second-order valence-corrected chi connectivity index (χ2v) is 5.93. The number of benzene rings is 1. The normalized spacial score (nSPS) is 23.7. The molecule has 0 aliphatic heterocycles. The van der Waals surface area contributed by atoms with E-state index in [0.717, 1.165) is 17.1 Å². The zero-order chi connectivity index (χ0) is 12.5. The molecule has 2 atom stereocenters. The average molecular weight is 262 g/mol. The fourth-order valence-corrected chi connectivity index (χ4v) is 3.69. The summed E-state index contributed by atoms with van der Waals surface area (Å²) in [6, 6.07) is 6.75. The topological polar surface area (TPSA) is 34.1 Å². The third-order valence-electron chi connectivity index (χ3n) is 3.68. The number of ether oxygens (including phenoxy) is 1. The van der Waals surface area contributed by atoms with Gasteiger partial charge in [0.25, 0.3) is 0 Å². The molecule has 0 radical (unpaired) electrons. The van der Waals surface area contributed by atoms with Crippen molar-refractivity contribution in [2.75, 3.05) is 12.4 Å². The van der Waals surface area contributed by atoms with Crippen LogP contribution in [-0.4, -0.2) is 24.2 Å². The molecule has 1 aliphatic rings. The number of thiazole rings is 1. The average Bonchev–Trinajstić information content (AvgIpc) is 2.96. The number of methoxy groups -OCH3 is 1. The molecule has 0 bridgehead atoms. The van der Waals surface area contributed by atoms with E-state index >= 15 is 0 Å². The Balaban J connectivity index is 1.84. The predicted octanol–water partition coefficient (Wildman–Crippen LogP) is 3.58. The van der Waals surface area contributed by atoms with Gasteiger partial charge in [-0.15, -0.1) is 0 Å². The van der Waals surface area contributed by atoms with Crippen molar-refractivity contribution in [1.82, 2.24) is 4.98 Å². The summed E-state index contributed by atoms with van der Waals surface area (Å²) in [6.45, 7) is 2.11. The van der Waals surface area contributed by atoms with Gasteiger partial charge in [-0.2, -0.15) is 0 Å². The summed E-state index contributed by atoms with van der Waals surface area (Å²) in [7, 11) is 1.80. The van der Waals surface area contributed by atoms with Crippen LogP contribution in [-0.2, 0) is 4.74 Å². The lowest BCUT2D eigenvalue weighted by atomic mass is 10.2. The van der Waals surface area contributed by atoms with Gasteiger partial charge in [0, 0.05) is 7.11 Å². The van der Waals surface area contributed by atoms with E-state index in [9.17, 15) is 0 Å². The highest BCUT2D eigenvalue weighted by molar-refractivity contribution is 7.22. The minimum absolute atomic E-state index is 0.332. The van der Waals surface area contributed by atoms with Crippen LogP contribution in [0.4, 0.5) is 5.13 Å². The lowest BCUT2D eigenvalue weighted by Crippen LogP contribution is -2.29. The molecule has 96 valence electrons. The van der Waals surface area contributed by atoms with Crippen LogP contribution in [0, 0.1) is 6.92 Å². The first-order chi connectivity index (χ1) is 8.78. The van der Waals surface area contributed by atoms with Crippen LogP contribution >= 0.6 is 11.3 Å². The molecule has 1 aromatic heterocycles. The van der Waals surface area contributed by atoms with Crippen molar-refractivity contribution in [2.45, 2.75) is 38.3 Å². The molecule has 1 aromatic carbocycles. The molecule has 1 heterocycles. The summed E-state index contributed by atoms with van der Waals surface area (Å²) in [5, 5.41) is 4.56. The van der Waals surface area contributed by atoms with Gasteiger partial charge in [0.15, 0.2) is 5.13 Å². The maximum Gasteiger partial charge on any atom is 0.184 e. The molecule has 1 N–H and O–H groups in total. The smallest absolute Gasteiger partial charge is 0.184 e. The van der Waals surface area contributed by atoms with Crippen LogP contribution in [0.1, 0.15) is 24.8 Å². The molecule has 0 spiro atoms. The Kier molecular flexibility index (Phi) is 3.22. The lowest BCUT2D eigenvalue weighted by Gasteiger charge is -2.18. The molecule has 1 fully saturated rings. The first-order valence-corrected chi connectivity index (χ1v) is 7.25. The summed E-state index contributed by atoms with van der Waals surface area (Å²) in [6.07, 6.45) is 3.89. The number of para-hydroxylation sites is 1. The second-order valence-electron chi connectivity index (χ2n) is 4.90. The SMILES string of the molecule is COC1CCCC1Nc1nc2c(C)cccc2s1. The molecule has 2 unspecified atom stereocenters. The van der Waals surface area contributed by atoms with E-state index in [2.05, 4.69) is 30.4 Å². The molecule has 3 nitrogen and oxygen atoms in total. The highest BCUT2D eigenvalue weighted by Crippen LogP contribution is 2.31. The van der Waals surface area contributed by atoms with E-state index in [1.807, 2.05) is 0 Å². The van der Waals surface area contributed by atoms with Crippen molar-refractivity contribution in [1.29, 1.82) is 0 Å². The number of rotatable bonds is 3.